The number of esters is 1. The van der Waals surface area contributed by atoms with Crippen molar-refractivity contribution in [3.05, 3.63) is 54.4 Å². The number of hydrogen-bond acceptors (Lipinski definition) is 3. The van der Waals surface area contributed by atoms with E-state index in [0.717, 1.165) is 4.35 Å². The van der Waals surface area contributed by atoms with Crippen LogP contribution in [0.15, 0.2) is 48.8 Å². The standard InChI is InChI=1S/C13H11AsNO2/c1-17-13(16)11-7-8-15-9-12(11)14-10-5-3-2-4-6-10/h2-9H,1H3. The van der Waals surface area contributed by atoms with E-state index in [-0.39, 0.29) is 21.7 Å². The molecule has 0 atom stereocenters. The molecule has 0 aliphatic rings. The summed E-state index contributed by atoms with van der Waals surface area (Å²) in [7, 11) is 1.39. The number of rotatable bonds is 3. The van der Waals surface area contributed by atoms with E-state index in [4.69, 9.17) is 4.74 Å². The van der Waals surface area contributed by atoms with Crippen molar-refractivity contribution in [3.8, 4) is 0 Å². The maximum absolute atomic E-state index is 11.6. The Labute approximate surface area is 107 Å². The summed E-state index contributed by atoms with van der Waals surface area (Å²) in [4.78, 5) is 15.7. The molecule has 1 aromatic heterocycles. The van der Waals surface area contributed by atoms with Gasteiger partial charge in [0.2, 0.25) is 0 Å². The van der Waals surface area contributed by atoms with Gasteiger partial charge < -0.3 is 0 Å². The van der Waals surface area contributed by atoms with Crippen molar-refractivity contribution in [1.82, 2.24) is 4.98 Å². The Bertz CT molecular complexity index is 514. The van der Waals surface area contributed by atoms with Crippen LogP contribution in [0.1, 0.15) is 10.4 Å². The average Bonchev–Trinajstić information content (AvgIpc) is 2.40. The third kappa shape index (κ3) is 2.95. The summed E-state index contributed by atoms with van der Waals surface area (Å²) < 4.78 is 6.97. The Morgan fingerprint density at radius 3 is 2.71 bits per heavy atom. The zero-order chi connectivity index (χ0) is 12.1. The Morgan fingerprint density at radius 1 is 1.24 bits per heavy atom. The van der Waals surface area contributed by atoms with E-state index in [9.17, 15) is 4.79 Å². The molecule has 0 N–H and O–H groups in total. The molecule has 85 valence electrons. The number of aromatic nitrogens is 1. The molecular formula is C13H11AsNO2. The molecule has 0 bridgehead atoms. The van der Waals surface area contributed by atoms with Crippen LogP contribution in [0.2, 0.25) is 0 Å². The van der Waals surface area contributed by atoms with E-state index < -0.39 is 0 Å². The second kappa shape index (κ2) is 5.64. The van der Waals surface area contributed by atoms with Gasteiger partial charge in [0.1, 0.15) is 0 Å². The van der Waals surface area contributed by atoms with E-state index in [0.29, 0.717) is 5.56 Å². The zero-order valence-corrected chi connectivity index (χ0v) is 11.2. The Kier molecular flexibility index (Phi) is 3.94. The van der Waals surface area contributed by atoms with Gasteiger partial charge in [-0.2, -0.15) is 0 Å². The fourth-order valence-corrected chi connectivity index (χ4v) is 3.52. The monoisotopic (exact) mass is 288 g/mol. The molecule has 0 aliphatic heterocycles. The third-order valence-corrected chi connectivity index (χ3v) is 4.63. The maximum atomic E-state index is 11.6. The molecule has 2 aromatic rings. The van der Waals surface area contributed by atoms with Crippen LogP contribution in [0.5, 0.6) is 0 Å². The number of ether oxygens (including phenoxy) is 1. The second-order valence-corrected chi connectivity index (χ2v) is 5.90. The van der Waals surface area contributed by atoms with Crippen LogP contribution in [0.3, 0.4) is 0 Å². The molecule has 0 aliphatic carbocycles. The number of carbonyl (C=O) groups is 1. The molecule has 17 heavy (non-hydrogen) atoms. The Balaban J connectivity index is 2.30. The van der Waals surface area contributed by atoms with Crippen molar-refractivity contribution in [3.63, 3.8) is 0 Å². The summed E-state index contributed by atoms with van der Waals surface area (Å²) in [5.74, 6) is -0.298. The first-order chi connectivity index (χ1) is 8.31. The van der Waals surface area contributed by atoms with Crippen molar-refractivity contribution in [2.24, 2.45) is 0 Å². The van der Waals surface area contributed by atoms with Crippen LogP contribution in [-0.2, 0) is 4.74 Å². The van der Waals surface area contributed by atoms with Crippen LogP contribution in [0.4, 0.5) is 0 Å². The molecule has 0 unspecified atom stereocenters. The summed E-state index contributed by atoms with van der Waals surface area (Å²) in [6.45, 7) is 0. The Hall–Kier alpha value is -1.60. The van der Waals surface area contributed by atoms with Crippen molar-refractivity contribution in [1.29, 1.82) is 0 Å². The van der Waals surface area contributed by atoms with Crippen LogP contribution < -0.4 is 8.70 Å². The number of carbonyl (C=O) groups excluding carboxylic acids is 1. The molecule has 1 radical (unpaired) electrons. The predicted molar refractivity (Wildman–Crippen MR) is 67.0 cm³/mol. The zero-order valence-electron chi connectivity index (χ0n) is 9.33. The fraction of sp³-hybridized carbons (Fsp3) is 0.0769. The van der Waals surface area contributed by atoms with Crippen molar-refractivity contribution < 1.29 is 9.53 Å². The van der Waals surface area contributed by atoms with Gasteiger partial charge in [0.05, 0.1) is 0 Å². The number of methoxy groups -OCH3 is 1. The van der Waals surface area contributed by atoms with E-state index in [1.807, 2.05) is 18.2 Å². The number of hydrogen-bond donors (Lipinski definition) is 0. The van der Waals surface area contributed by atoms with Crippen LogP contribution in [0.25, 0.3) is 0 Å². The average molecular weight is 288 g/mol. The van der Waals surface area contributed by atoms with Crippen LogP contribution >= 0.6 is 0 Å². The van der Waals surface area contributed by atoms with Crippen molar-refractivity contribution in [2.75, 3.05) is 7.11 Å². The van der Waals surface area contributed by atoms with Crippen LogP contribution in [0, 0.1) is 0 Å². The molecule has 1 heterocycles. The van der Waals surface area contributed by atoms with E-state index in [2.05, 4.69) is 17.1 Å². The molecule has 0 saturated carbocycles. The molecule has 0 amide bonds. The summed E-state index contributed by atoms with van der Waals surface area (Å²) in [5.41, 5.74) is 0.617. The Morgan fingerprint density at radius 2 is 2.00 bits per heavy atom. The normalized spacial score (nSPS) is 10.6. The molecule has 1 aromatic carbocycles. The SMILES string of the molecule is COC(=O)c1ccncc1[As]c1ccccc1. The topological polar surface area (TPSA) is 39.2 Å². The van der Waals surface area contributed by atoms with Gasteiger partial charge in [0.25, 0.3) is 0 Å². The molecule has 4 heteroatoms. The van der Waals surface area contributed by atoms with Crippen molar-refractivity contribution in [2.45, 2.75) is 0 Å². The van der Waals surface area contributed by atoms with Gasteiger partial charge in [-0.05, 0) is 0 Å². The number of nitrogens with zero attached hydrogens (tertiary/aromatic N) is 1. The van der Waals surface area contributed by atoms with Gasteiger partial charge >= 0.3 is 106 Å². The van der Waals surface area contributed by atoms with Gasteiger partial charge in [0.15, 0.2) is 0 Å². The molecule has 0 fully saturated rings. The summed E-state index contributed by atoms with van der Waals surface area (Å²) in [6, 6.07) is 11.8. The number of benzene rings is 1. The van der Waals surface area contributed by atoms with E-state index in [1.165, 1.54) is 11.5 Å². The quantitative estimate of drug-likeness (QED) is 0.611. The van der Waals surface area contributed by atoms with Gasteiger partial charge in [0, 0.05) is 0 Å². The molecule has 0 spiro atoms. The van der Waals surface area contributed by atoms with Crippen molar-refractivity contribution >= 4 is 30.4 Å². The third-order valence-electron chi connectivity index (χ3n) is 2.21. The first kappa shape index (κ1) is 11.9. The molecule has 0 saturated heterocycles. The predicted octanol–water partition coefficient (Wildman–Crippen LogP) is 0.523. The minimum atomic E-state index is -0.298. The molecular weight excluding hydrogens is 277 g/mol. The molecule has 3 nitrogen and oxygen atoms in total. The summed E-state index contributed by atoms with van der Waals surface area (Å²) >= 11 is -0.237. The fourth-order valence-electron chi connectivity index (χ4n) is 1.40. The van der Waals surface area contributed by atoms with Gasteiger partial charge in [-0.15, -0.1) is 0 Å². The van der Waals surface area contributed by atoms with E-state index in [1.54, 1.807) is 18.5 Å². The van der Waals surface area contributed by atoms with E-state index >= 15 is 0 Å². The minimum absolute atomic E-state index is 0.237. The van der Waals surface area contributed by atoms with Gasteiger partial charge in [-0.1, -0.05) is 0 Å². The summed E-state index contributed by atoms with van der Waals surface area (Å²) in [5, 5.41) is 0. The first-order valence-corrected chi connectivity index (χ1v) is 6.98. The summed E-state index contributed by atoms with van der Waals surface area (Å²) in [6.07, 6.45) is 3.36. The number of pyridine rings is 1. The van der Waals surface area contributed by atoms with Gasteiger partial charge in [-0.3, -0.25) is 0 Å². The second-order valence-electron chi connectivity index (χ2n) is 3.33. The first-order valence-electron chi connectivity index (χ1n) is 5.10. The van der Waals surface area contributed by atoms with Crippen LogP contribution in [-0.4, -0.2) is 33.8 Å². The van der Waals surface area contributed by atoms with Gasteiger partial charge in [-0.25, -0.2) is 0 Å². The molecule has 2 rings (SSSR count).